The van der Waals surface area contributed by atoms with Crippen molar-refractivity contribution in [2.24, 2.45) is 0 Å². The normalized spacial score (nSPS) is 16.2. The molecular formula is C23H24ClN3. The molecule has 1 saturated heterocycles. The van der Waals surface area contributed by atoms with Crippen molar-refractivity contribution in [2.45, 2.75) is 18.8 Å². The number of aromatic nitrogens is 2. The Hall–Kier alpha value is -2.36. The number of likely N-dealkylation sites (tertiary alicyclic amines) is 1. The molecule has 1 N–H and O–H groups in total. The average Bonchev–Trinajstić information content (AvgIpc) is 3.20. The van der Waals surface area contributed by atoms with Crippen molar-refractivity contribution in [3.63, 3.8) is 0 Å². The lowest BCUT2D eigenvalue weighted by Crippen LogP contribution is -2.33. The van der Waals surface area contributed by atoms with Gasteiger partial charge in [-0.2, -0.15) is 5.10 Å². The van der Waals surface area contributed by atoms with E-state index in [1.54, 1.807) is 0 Å². The van der Waals surface area contributed by atoms with Crippen molar-refractivity contribution in [3.05, 3.63) is 83.0 Å². The van der Waals surface area contributed by atoms with E-state index in [1.165, 1.54) is 24.1 Å². The number of nitrogens with zero attached hydrogens (tertiary/aromatic N) is 2. The van der Waals surface area contributed by atoms with E-state index in [0.29, 0.717) is 5.92 Å². The van der Waals surface area contributed by atoms with Gasteiger partial charge in [0.2, 0.25) is 0 Å². The molecule has 4 rings (SSSR count). The Bertz CT molecular complexity index is 876. The van der Waals surface area contributed by atoms with Crippen molar-refractivity contribution in [1.29, 1.82) is 0 Å². The van der Waals surface area contributed by atoms with Crippen LogP contribution in [0.4, 0.5) is 0 Å². The largest absolute Gasteiger partial charge is 0.300 e. The van der Waals surface area contributed by atoms with Gasteiger partial charge in [-0.05, 0) is 49.7 Å². The topological polar surface area (TPSA) is 31.9 Å². The van der Waals surface area contributed by atoms with Gasteiger partial charge in [-0.1, -0.05) is 66.2 Å². The van der Waals surface area contributed by atoms with Gasteiger partial charge in [0, 0.05) is 28.7 Å². The highest BCUT2D eigenvalue weighted by Gasteiger charge is 2.21. The molecule has 1 fully saturated rings. The van der Waals surface area contributed by atoms with Gasteiger partial charge in [0.1, 0.15) is 0 Å². The third kappa shape index (κ3) is 4.68. The predicted octanol–water partition coefficient (Wildman–Crippen LogP) is 5.62. The van der Waals surface area contributed by atoms with Crippen LogP contribution in [0.5, 0.6) is 0 Å². The van der Waals surface area contributed by atoms with Crippen molar-refractivity contribution >= 4 is 17.7 Å². The standard InChI is InChI=1S/C23H24ClN3/c24-21-10-8-19(9-11-21)22-17-23(26-25-22)20-12-15-27(16-13-20)14-4-7-18-5-2-1-3-6-18/h1-11,17,20H,12-16H2,(H,25,26)/b7-4+. The van der Waals surface area contributed by atoms with Gasteiger partial charge in [0.15, 0.2) is 0 Å². The maximum Gasteiger partial charge on any atom is 0.0923 e. The van der Waals surface area contributed by atoms with Gasteiger partial charge in [0.05, 0.1) is 5.69 Å². The minimum Gasteiger partial charge on any atom is -0.300 e. The molecule has 2 heterocycles. The molecule has 0 radical (unpaired) electrons. The van der Waals surface area contributed by atoms with E-state index in [0.717, 1.165) is 35.9 Å². The number of benzene rings is 2. The highest BCUT2D eigenvalue weighted by molar-refractivity contribution is 6.30. The summed E-state index contributed by atoms with van der Waals surface area (Å²) < 4.78 is 0. The summed E-state index contributed by atoms with van der Waals surface area (Å²) >= 11 is 5.97. The molecule has 2 aromatic carbocycles. The van der Waals surface area contributed by atoms with Crippen LogP contribution in [0.1, 0.15) is 30.0 Å². The van der Waals surface area contributed by atoms with E-state index in [2.05, 4.69) is 63.6 Å². The molecule has 1 aromatic heterocycles. The Morgan fingerprint density at radius 3 is 2.52 bits per heavy atom. The summed E-state index contributed by atoms with van der Waals surface area (Å²) in [5, 5.41) is 8.51. The second kappa shape index (κ2) is 8.55. The summed E-state index contributed by atoms with van der Waals surface area (Å²) in [4.78, 5) is 2.52. The van der Waals surface area contributed by atoms with Crippen LogP contribution in [0.15, 0.2) is 66.7 Å². The Morgan fingerprint density at radius 2 is 1.78 bits per heavy atom. The third-order valence-electron chi connectivity index (χ3n) is 5.24. The summed E-state index contributed by atoms with van der Waals surface area (Å²) in [5.74, 6) is 0.563. The molecule has 4 heteroatoms. The zero-order valence-electron chi connectivity index (χ0n) is 15.3. The van der Waals surface area contributed by atoms with Crippen molar-refractivity contribution < 1.29 is 0 Å². The Labute approximate surface area is 165 Å². The van der Waals surface area contributed by atoms with Gasteiger partial charge >= 0.3 is 0 Å². The second-order valence-corrected chi connectivity index (χ2v) is 7.54. The Morgan fingerprint density at radius 1 is 1.04 bits per heavy atom. The van der Waals surface area contributed by atoms with Crippen LogP contribution in [0.2, 0.25) is 5.02 Å². The fourth-order valence-electron chi connectivity index (χ4n) is 3.64. The van der Waals surface area contributed by atoms with Crippen LogP contribution in [-0.2, 0) is 0 Å². The molecule has 1 aliphatic rings. The number of hydrogen-bond acceptors (Lipinski definition) is 2. The molecular weight excluding hydrogens is 354 g/mol. The molecule has 0 bridgehead atoms. The zero-order chi connectivity index (χ0) is 18.5. The van der Waals surface area contributed by atoms with Crippen molar-refractivity contribution in [1.82, 2.24) is 15.1 Å². The molecule has 27 heavy (non-hydrogen) atoms. The van der Waals surface area contributed by atoms with Crippen LogP contribution in [0.3, 0.4) is 0 Å². The van der Waals surface area contributed by atoms with Crippen molar-refractivity contribution in [3.8, 4) is 11.3 Å². The fourth-order valence-corrected chi connectivity index (χ4v) is 3.77. The molecule has 0 amide bonds. The van der Waals surface area contributed by atoms with E-state index in [-0.39, 0.29) is 0 Å². The quantitative estimate of drug-likeness (QED) is 0.625. The molecule has 0 atom stereocenters. The first-order valence-electron chi connectivity index (χ1n) is 9.53. The zero-order valence-corrected chi connectivity index (χ0v) is 16.1. The number of hydrogen-bond donors (Lipinski definition) is 1. The van der Waals surface area contributed by atoms with Crippen molar-refractivity contribution in [2.75, 3.05) is 19.6 Å². The smallest absolute Gasteiger partial charge is 0.0923 e. The highest BCUT2D eigenvalue weighted by atomic mass is 35.5. The fraction of sp³-hybridized carbons (Fsp3) is 0.261. The summed E-state index contributed by atoms with van der Waals surface area (Å²) in [6.07, 6.45) is 6.81. The van der Waals surface area contributed by atoms with Crippen LogP contribution < -0.4 is 0 Å². The Kier molecular flexibility index (Phi) is 5.71. The maximum atomic E-state index is 5.97. The third-order valence-corrected chi connectivity index (χ3v) is 5.49. The van der Waals surface area contributed by atoms with E-state index >= 15 is 0 Å². The lowest BCUT2D eigenvalue weighted by molar-refractivity contribution is 0.231. The molecule has 3 nitrogen and oxygen atoms in total. The minimum atomic E-state index is 0.563. The van der Waals surface area contributed by atoms with E-state index in [4.69, 9.17) is 11.6 Å². The maximum absolute atomic E-state index is 5.97. The first-order chi connectivity index (χ1) is 13.3. The number of aromatic amines is 1. The molecule has 3 aromatic rings. The summed E-state index contributed by atoms with van der Waals surface area (Å²) in [6, 6.07) is 20.5. The summed E-state index contributed by atoms with van der Waals surface area (Å²) in [7, 11) is 0. The number of nitrogens with one attached hydrogen (secondary N) is 1. The van der Waals surface area contributed by atoms with E-state index < -0.39 is 0 Å². The van der Waals surface area contributed by atoms with E-state index in [1.807, 2.05) is 24.3 Å². The predicted molar refractivity (Wildman–Crippen MR) is 113 cm³/mol. The van der Waals surface area contributed by atoms with Crippen LogP contribution in [-0.4, -0.2) is 34.7 Å². The second-order valence-electron chi connectivity index (χ2n) is 7.10. The monoisotopic (exact) mass is 377 g/mol. The van der Waals surface area contributed by atoms with E-state index in [9.17, 15) is 0 Å². The van der Waals surface area contributed by atoms with Crippen LogP contribution in [0, 0.1) is 0 Å². The number of H-pyrrole nitrogens is 1. The molecule has 0 spiro atoms. The Balaban J connectivity index is 1.30. The van der Waals surface area contributed by atoms with Gasteiger partial charge < -0.3 is 0 Å². The minimum absolute atomic E-state index is 0.563. The number of halogens is 1. The highest BCUT2D eigenvalue weighted by Crippen LogP contribution is 2.29. The number of rotatable bonds is 5. The van der Waals surface area contributed by atoms with Gasteiger partial charge in [-0.3, -0.25) is 10.00 Å². The lowest BCUT2D eigenvalue weighted by atomic mass is 9.93. The lowest BCUT2D eigenvalue weighted by Gasteiger charge is -2.30. The van der Waals surface area contributed by atoms with Gasteiger partial charge in [-0.25, -0.2) is 0 Å². The summed E-state index contributed by atoms with van der Waals surface area (Å²) in [6.45, 7) is 3.26. The number of piperidine rings is 1. The first kappa shape index (κ1) is 18.0. The molecule has 0 aliphatic carbocycles. The summed E-state index contributed by atoms with van der Waals surface area (Å²) in [5.41, 5.74) is 4.61. The molecule has 0 unspecified atom stereocenters. The SMILES string of the molecule is Clc1ccc(-c2cc(C3CCN(C/C=C/c4ccccc4)CC3)[nH]n2)cc1. The first-order valence-corrected chi connectivity index (χ1v) is 9.91. The van der Waals surface area contributed by atoms with Crippen LogP contribution >= 0.6 is 11.6 Å². The molecule has 138 valence electrons. The van der Waals surface area contributed by atoms with Gasteiger partial charge in [-0.15, -0.1) is 0 Å². The molecule has 1 aliphatic heterocycles. The van der Waals surface area contributed by atoms with Gasteiger partial charge in [0.25, 0.3) is 0 Å². The average molecular weight is 378 g/mol. The van der Waals surface area contributed by atoms with Crippen LogP contribution in [0.25, 0.3) is 17.3 Å². The molecule has 0 saturated carbocycles.